The van der Waals surface area contributed by atoms with Crippen LogP contribution in [-0.4, -0.2) is 41.9 Å². The van der Waals surface area contributed by atoms with Gasteiger partial charge in [0.1, 0.15) is 0 Å². The Kier molecular flexibility index (Phi) is 6.19. The van der Waals surface area contributed by atoms with E-state index in [0.29, 0.717) is 12.2 Å². The molecule has 0 saturated heterocycles. The number of fused-ring (bicyclic) bond motifs is 1. The number of ether oxygens (including phenoxy) is 1. The van der Waals surface area contributed by atoms with Crippen molar-refractivity contribution in [1.82, 2.24) is 9.88 Å². The van der Waals surface area contributed by atoms with Gasteiger partial charge >= 0.3 is 0 Å². The zero-order chi connectivity index (χ0) is 16.8. The van der Waals surface area contributed by atoms with Crippen molar-refractivity contribution in [3.63, 3.8) is 0 Å². The summed E-state index contributed by atoms with van der Waals surface area (Å²) >= 11 is 0. The molecule has 1 amide bonds. The first-order valence-corrected chi connectivity index (χ1v) is 8.10. The highest BCUT2D eigenvalue weighted by Gasteiger charge is 2.18. The quantitative estimate of drug-likeness (QED) is 0.786. The Morgan fingerprint density at radius 3 is 2.83 bits per heavy atom. The molecule has 0 spiro atoms. The number of hydrogen-bond donors (Lipinski definition) is 2. The van der Waals surface area contributed by atoms with E-state index in [1.165, 1.54) is 0 Å². The monoisotopic (exact) mass is 318 g/mol. The number of carbonyl (C=O) groups is 1. The summed E-state index contributed by atoms with van der Waals surface area (Å²) < 4.78 is 7.21. The minimum atomic E-state index is -0.213. The van der Waals surface area contributed by atoms with Crippen LogP contribution in [0.1, 0.15) is 30.6 Å². The Hall–Kier alpha value is -1.85. The normalized spacial score (nSPS) is 13.9. The molecular formula is C18H26N2O3. The summed E-state index contributed by atoms with van der Waals surface area (Å²) in [5.41, 5.74) is 1.70. The van der Waals surface area contributed by atoms with Crippen LogP contribution in [0.2, 0.25) is 0 Å². The number of nitrogens with one attached hydrogen (secondary N) is 1. The number of amides is 1. The predicted octanol–water partition coefficient (Wildman–Crippen LogP) is 2.42. The minimum absolute atomic E-state index is 0.0453. The summed E-state index contributed by atoms with van der Waals surface area (Å²) in [6.07, 6.45) is 2.91. The SMILES string of the molecule is CC[C@H](C)[C@@H](CO)NC(=O)c1ccc2c(ccn2CCOC)c1. The van der Waals surface area contributed by atoms with Crippen LogP contribution in [0.25, 0.3) is 10.9 Å². The lowest BCUT2D eigenvalue weighted by Crippen LogP contribution is -2.41. The van der Waals surface area contributed by atoms with Crippen molar-refractivity contribution in [3.05, 3.63) is 36.0 Å². The first kappa shape index (κ1) is 17.5. The molecule has 23 heavy (non-hydrogen) atoms. The molecule has 1 aromatic carbocycles. The van der Waals surface area contributed by atoms with Crippen LogP contribution < -0.4 is 5.32 Å². The first-order valence-electron chi connectivity index (χ1n) is 8.10. The largest absolute Gasteiger partial charge is 0.394 e. The zero-order valence-electron chi connectivity index (χ0n) is 14.1. The average molecular weight is 318 g/mol. The fraction of sp³-hybridized carbons (Fsp3) is 0.500. The predicted molar refractivity (Wildman–Crippen MR) is 91.6 cm³/mol. The van der Waals surface area contributed by atoms with Gasteiger partial charge in [0.15, 0.2) is 0 Å². The molecule has 1 heterocycles. The van der Waals surface area contributed by atoms with Gasteiger partial charge in [-0.3, -0.25) is 4.79 Å². The molecule has 5 heteroatoms. The molecule has 2 aromatic rings. The third kappa shape index (κ3) is 4.12. The molecular weight excluding hydrogens is 292 g/mol. The van der Waals surface area contributed by atoms with Gasteiger partial charge in [0.05, 0.1) is 19.3 Å². The smallest absolute Gasteiger partial charge is 0.251 e. The number of carbonyl (C=O) groups excluding carboxylic acids is 1. The van der Waals surface area contributed by atoms with Crippen molar-refractivity contribution < 1.29 is 14.6 Å². The molecule has 5 nitrogen and oxygen atoms in total. The van der Waals surface area contributed by atoms with Crippen molar-refractivity contribution in [1.29, 1.82) is 0 Å². The number of aliphatic hydroxyl groups excluding tert-OH is 1. The van der Waals surface area contributed by atoms with E-state index in [1.807, 2.05) is 44.3 Å². The van der Waals surface area contributed by atoms with Crippen LogP contribution >= 0.6 is 0 Å². The molecule has 0 aliphatic rings. The molecule has 1 aromatic heterocycles. The highest BCUT2D eigenvalue weighted by molar-refractivity contribution is 5.98. The third-order valence-corrected chi connectivity index (χ3v) is 4.41. The second kappa shape index (κ2) is 8.13. The van der Waals surface area contributed by atoms with Crippen LogP contribution in [0, 0.1) is 5.92 Å². The van der Waals surface area contributed by atoms with Crippen molar-refractivity contribution >= 4 is 16.8 Å². The summed E-state index contributed by atoms with van der Waals surface area (Å²) in [5.74, 6) is 0.0960. The van der Waals surface area contributed by atoms with E-state index in [9.17, 15) is 9.90 Å². The lowest BCUT2D eigenvalue weighted by Gasteiger charge is -2.22. The van der Waals surface area contributed by atoms with Gasteiger partial charge in [-0.1, -0.05) is 20.3 Å². The maximum atomic E-state index is 12.4. The molecule has 2 atom stereocenters. The Balaban J connectivity index is 2.15. The van der Waals surface area contributed by atoms with E-state index >= 15 is 0 Å². The molecule has 0 radical (unpaired) electrons. The molecule has 0 aliphatic carbocycles. The summed E-state index contributed by atoms with van der Waals surface area (Å²) in [6, 6.07) is 7.46. The van der Waals surface area contributed by atoms with E-state index in [1.54, 1.807) is 7.11 Å². The Labute approximate surface area is 137 Å². The number of benzene rings is 1. The molecule has 2 rings (SSSR count). The standard InChI is InChI=1S/C18H26N2O3/c1-4-13(2)16(12-21)19-18(22)15-5-6-17-14(11-15)7-8-20(17)9-10-23-3/h5-8,11,13,16,21H,4,9-10,12H2,1-3H3,(H,19,22)/t13-,16+/m0/s1. The number of methoxy groups -OCH3 is 1. The van der Waals surface area contributed by atoms with E-state index < -0.39 is 0 Å². The van der Waals surface area contributed by atoms with Crippen LogP contribution in [0.5, 0.6) is 0 Å². The molecule has 0 saturated carbocycles. The summed E-state index contributed by atoms with van der Waals surface area (Å²) in [4.78, 5) is 12.4. The van der Waals surface area contributed by atoms with Gasteiger partial charge in [-0.15, -0.1) is 0 Å². The minimum Gasteiger partial charge on any atom is -0.394 e. The number of nitrogens with zero attached hydrogens (tertiary/aromatic N) is 1. The van der Waals surface area contributed by atoms with E-state index in [0.717, 1.165) is 23.9 Å². The van der Waals surface area contributed by atoms with Gasteiger partial charge in [-0.05, 0) is 30.2 Å². The number of aliphatic hydroxyl groups is 1. The van der Waals surface area contributed by atoms with Gasteiger partial charge in [0.25, 0.3) is 5.91 Å². The molecule has 2 N–H and O–H groups in total. The lowest BCUT2D eigenvalue weighted by molar-refractivity contribution is 0.0891. The van der Waals surface area contributed by atoms with Crippen molar-refractivity contribution in [2.75, 3.05) is 20.3 Å². The van der Waals surface area contributed by atoms with Crippen LogP contribution in [0.15, 0.2) is 30.5 Å². The van der Waals surface area contributed by atoms with Gasteiger partial charge in [0.2, 0.25) is 0 Å². The van der Waals surface area contributed by atoms with Crippen molar-refractivity contribution in [2.45, 2.75) is 32.9 Å². The van der Waals surface area contributed by atoms with E-state index in [2.05, 4.69) is 9.88 Å². The summed E-state index contributed by atoms with van der Waals surface area (Å²) in [7, 11) is 1.68. The first-order chi connectivity index (χ1) is 11.1. The number of aromatic nitrogens is 1. The van der Waals surface area contributed by atoms with Crippen LogP contribution in [0.3, 0.4) is 0 Å². The van der Waals surface area contributed by atoms with E-state index in [4.69, 9.17) is 4.74 Å². The van der Waals surface area contributed by atoms with Crippen LogP contribution in [0.4, 0.5) is 0 Å². The Morgan fingerprint density at radius 2 is 2.17 bits per heavy atom. The highest BCUT2D eigenvalue weighted by atomic mass is 16.5. The lowest BCUT2D eigenvalue weighted by atomic mass is 9.99. The van der Waals surface area contributed by atoms with Gasteiger partial charge in [-0.25, -0.2) is 0 Å². The third-order valence-electron chi connectivity index (χ3n) is 4.41. The van der Waals surface area contributed by atoms with Gasteiger partial charge in [-0.2, -0.15) is 0 Å². The maximum absolute atomic E-state index is 12.4. The number of hydrogen-bond acceptors (Lipinski definition) is 3. The zero-order valence-corrected chi connectivity index (χ0v) is 14.1. The van der Waals surface area contributed by atoms with Crippen LogP contribution in [-0.2, 0) is 11.3 Å². The summed E-state index contributed by atoms with van der Waals surface area (Å²) in [6.45, 7) is 5.47. The maximum Gasteiger partial charge on any atom is 0.251 e. The Bertz CT molecular complexity index is 651. The average Bonchev–Trinajstić information content (AvgIpc) is 2.99. The molecule has 0 fully saturated rings. The van der Waals surface area contributed by atoms with Gasteiger partial charge in [0, 0.05) is 36.3 Å². The number of rotatable bonds is 8. The second-order valence-corrected chi connectivity index (χ2v) is 5.92. The molecule has 0 unspecified atom stereocenters. The van der Waals surface area contributed by atoms with Crippen molar-refractivity contribution in [3.8, 4) is 0 Å². The van der Waals surface area contributed by atoms with Crippen molar-refractivity contribution in [2.24, 2.45) is 5.92 Å². The second-order valence-electron chi connectivity index (χ2n) is 5.92. The molecule has 0 aliphatic heterocycles. The fourth-order valence-electron chi connectivity index (χ4n) is 2.63. The molecule has 126 valence electrons. The van der Waals surface area contributed by atoms with Gasteiger partial charge < -0.3 is 19.7 Å². The summed E-state index contributed by atoms with van der Waals surface area (Å²) in [5, 5.41) is 13.4. The Morgan fingerprint density at radius 1 is 1.39 bits per heavy atom. The molecule has 0 bridgehead atoms. The highest BCUT2D eigenvalue weighted by Crippen LogP contribution is 2.18. The topological polar surface area (TPSA) is 63.5 Å². The fourth-order valence-corrected chi connectivity index (χ4v) is 2.63. The van der Waals surface area contributed by atoms with E-state index in [-0.39, 0.29) is 24.5 Å².